The van der Waals surface area contributed by atoms with Gasteiger partial charge in [0.1, 0.15) is 0 Å². The van der Waals surface area contributed by atoms with Crippen molar-refractivity contribution in [3.05, 3.63) is 30.1 Å². The van der Waals surface area contributed by atoms with Crippen LogP contribution in [0.4, 0.5) is 0 Å². The molecule has 1 aromatic heterocycles. The van der Waals surface area contributed by atoms with E-state index in [-0.39, 0.29) is 5.91 Å². The molecular weight excluding hydrogens is 190 g/mol. The average molecular weight is 207 g/mol. The van der Waals surface area contributed by atoms with E-state index < -0.39 is 0 Å². The molecule has 0 aliphatic rings. The van der Waals surface area contributed by atoms with Crippen molar-refractivity contribution in [2.45, 2.75) is 6.54 Å². The molecule has 0 atom stereocenters. The lowest BCUT2D eigenvalue weighted by atomic mass is 10.2. The van der Waals surface area contributed by atoms with Crippen molar-refractivity contribution in [2.24, 2.45) is 0 Å². The van der Waals surface area contributed by atoms with Crippen molar-refractivity contribution < 1.29 is 4.79 Å². The lowest BCUT2D eigenvalue weighted by Crippen LogP contribution is -2.34. The normalized spacial score (nSPS) is 10.4. The van der Waals surface area contributed by atoms with Gasteiger partial charge < -0.3 is 9.80 Å². The number of likely N-dealkylation sites (N-methyl/N-ethyl adjacent to an activating group) is 2. The number of rotatable bonds is 4. The highest BCUT2D eigenvalue weighted by Gasteiger charge is 2.09. The monoisotopic (exact) mass is 207 g/mol. The maximum absolute atomic E-state index is 11.6. The zero-order valence-corrected chi connectivity index (χ0v) is 9.47. The predicted molar refractivity (Wildman–Crippen MR) is 59.3 cm³/mol. The molecule has 0 spiro atoms. The molecule has 1 rings (SSSR count). The largest absolute Gasteiger partial charge is 0.340 e. The molecule has 0 unspecified atom stereocenters. The summed E-state index contributed by atoms with van der Waals surface area (Å²) in [6.07, 6.45) is 3.50. The number of pyridine rings is 1. The van der Waals surface area contributed by atoms with Crippen LogP contribution in [-0.2, 0) is 11.3 Å². The summed E-state index contributed by atoms with van der Waals surface area (Å²) in [5.41, 5.74) is 1.05. The summed E-state index contributed by atoms with van der Waals surface area (Å²) in [7, 11) is 5.57. The van der Waals surface area contributed by atoms with Crippen molar-refractivity contribution in [2.75, 3.05) is 27.7 Å². The van der Waals surface area contributed by atoms with Crippen LogP contribution in [0.1, 0.15) is 5.56 Å². The SMILES string of the molecule is CN(C)CC(=O)N(C)Cc1cccnc1. The summed E-state index contributed by atoms with van der Waals surface area (Å²) in [4.78, 5) is 19.2. The third-order valence-corrected chi connectivity index (χ3v) is 2.02. The van der Waals surface area contributed by atoms with Crippen molar-refractivity contribution in [1.29, 1.82) is 0 Å². The molecule has 0 radical (unpaired) electrons. The second-order valence-electron chi connectivity index (χ2n) is 3.85. The molecule has 1 amide bonds. The third-order valence-electron chi connectivity index (χ3n) is 2.02. The second-order valence-corrected chi connectivity index (χ2v) is 3.85. The van der Waals surface area contributed by atoms with Crippen molar-refractivity contribution >= 4 is 5.91 Å². The summed E-state index contributed by atoms with van der Waals surface area (Å²) >= 11 is 0. The Kier molecular flexibility index (Phi) is 4.24. The zero-order chi connectivity index (χ0) is 11.3. The number of nitrogens with zero attached hydrogens (tertiary/aromatic N) is 3. The quantitative estimate of drug-likeness (QED) is 0.725. The number of hydrogen-bond acceptors (Lipinski definition) is 3. The van der Waals surface area contributed by atoms with E-state index in [0.717, 1.165) is 5.56 Å². The minimum absolute atomic E-state index is 0.115. The molecule has 0 aliphatic carbocycles. The number of hydrogen-bond donors (Lipinski definition) is 0. The van der Waals surface area contributed by atoms with E-state index in [1.165, 1.54) is 0 Å². The molecule has 0 fully saturated rings. The van der Waals surface area contributed by atoms with Crippen molar-refractivity contribution in [1.82, 2.24) is 14.8 Å². The molecule has 82 valence electrons. The van der Waals surface area contributed by atoms with E-state index in [1.807, 2.05) is 31.1 Å². The first-order valence-corrected chi connectivity index (χ1v) is 4.87. The third kappa shape index (κ3) is 4.08. The van der Waals surface area contributed by atoms with Crippen LogP contribution in [0, 0.1) is 0 Å². The number of amides is 1. The zero-order valence-electron chi connectivity index (χ0n) is 9.47. The van der Waals surface area contributed by atoms with Gasteiger partial charge in [0.15, 0.2) is 0 Å². The van der Waals surface area contributed by atoms with E-state index in [1.54, 1.807) is 24.3 Å². The molecule has 4 heteroatoms. The molecule has 15 heavy (non-hydrogen) atoms. The smallest absolute Gasteiger partial charge is 0.236 e. The van der Waals surface area contributed by atoms with Crippen LogP contribution in [0.2, 0.25) is 0 Å². The average Bonchev–Trinajstić information content (AvgIpc) is 2.18. The van der Waals surface area contributed by atoms with Gasteiger partial charge in [-0.15, -0.1) is 0 Å². The minimum atomic E-state index is 0.115. The number of aromatic nitrogens is 1. The summed E-state index contributed by atoms with van der Waals surface area (Å²) in [5.74, 6) is 0.115. The van der Waals surface area contributed by atoms with Gasteiger partial charge in [-0.3, -0.25) is 9.78 Å². The van der Waals surface area contributed by atoms with Crippen LogP contribution in [0.15, 0.2) is 24.5 Å². The summed E-state index contributed by atoms with van der Waals surface area (Å²) in [5, 5.41) is 0. The molecule has 0 saturated heterocycles. The molecule has 0 N–H and O–H groups in total. The van der Waals surface area contributed by atoms with E-state index in [0.29, 0.717) is 13.1 Å². The molecule has 0 aromatic carbocycles. The molecule has 0 saturated carbocycles. The lowest BCUT2D eigenvalue weighted by molar-refractivity contribution is -0.131. The van der Waals surface area contributed by atoms with Crippen molar-refractivity contribution in [3.63, 3.8) is 0 Å². The van der Waals surface area contributed by atoms with Gasteiger partial charge in [-0.25, -0.2) is 0 Å². The van der Waals surface area contributed by atoms with E-state index in [9.17, 15) is 4.79 Å². The highest BCUT2D eigenvalue weighted by molar-refractivity contribution is 5.77. The molecule has 1 heterocycles. The maximum atomic E-state index is 11.6. The highest BCUT2D eigenvalue weighted by Crippen LogP contribution is 2.00. The van der Waals surface area contributed by atoms with Gasteiger partial charge in [0.25, 0.3) is 0 Å². The van der Waals surface area contributed by atoms with Gasteiger partial charge >= 0.3 is 0 Å². The van der Waals surface area contributed by atoms with E-state index in [2.05, 4.69) is 4.98 Å². The van der Waals surface area contributed by atoms with Gasteiger partial charge in [0.05, 0.1) is 6.54 Å². The Morgan fingerprint density at radius 1 is 1.40 bits per heavy atom. The molecule has 0 aliphatic heterocycles. The fraction of sp³-hybridized carbons (Fsp3) is 0.455. The van der Waals surface area contributed by atoms with Crippen LogP contribution in [0.3, 0.4) is 0 Å². The Balaban J connectivity index is 2.49. The summed E-state index contributed by atoms with van der Waals surface area (Å²) < 4.78 is 0. The predicted octanol–water partition coefficient (Wildman–Crippen LogP) is 0.602. The first-order valence-electron chi connectivity index (χ1n) is 4.87. The van der Waals surface area contributed by atoms with Crippen LogP contribution < -0.4 is 0 Å². The Hall–Kier alpha value is -1.42. The fourth-order valence-corrected chi connectivity index (χ4v) is 1.24. The minimum Gasteiger partial charge on any atom is -0.340 e. The van der Waals surface area contributed by atoms with Crippen LogP contribution in [0.5, 0.6) is 0 Å². The maximum Gasteiger partial charge on any atom is 0.236 e. The topological polar surface area (TPSA) is 36.4 Å². The fourth-order valence-electron chi connectivity index (χ4n) is 1.24. The summed E-state index contributed by atoms with van der Waals surface area (Å²) in [6, 6.07) is 3.84. The Morgan fingerprint density at radius 3 is 2.67 bits per heavy atom. The molecule has 1 aromatic rings. The Bertz CT molecular complexity index is 311. The van der Waals surface area contributed by atoms with E-state index in [4.69, 9.17) is 0 Å². The van der Waals surface area contributed by atoms with Crippen LogP contribution in [-0.4, -0.2) is 48.4 Å². The molecule has 0 bridgehead atoms. The van der Waals surface area contributed by atoms with Crippen molar-refractivity contribution in [3.8, 4) is 0 Å². The number of carbonyl (C=O) groups excluding carboxylic acids is 1. The first kappa shape index (κ1) is 11.7. The highest BCUT2D eigenvalue weighted by atomic mass is 16.2. The van der Waals surface area contributed by atoms with Gasteiger partial charge in [-0.05, 0) is 25.7 Å². The standard InChI is InChI=1S/C11H17N3O/c1-13(2)9-11(15)14(3)8-10-5-4-6-12-7-10/h4-7H,8-9H2,1-3H3. The van der Waals surface area contributed by atoms with Gasteiger partial charge in [-0.1, -0.05) is 6.07 Å². The second kappa shape index (κ2) is 5.46. The van der Waals surface area contributed by atoms with Gasteiger partial charge in [0.2, 0.25) is 5.91 Å². The first-order chi connectivity index (χ1) is 7.09. The molecular formula is C11H17N3O. The Labute approximate surface area is 90.5 Å². The van der Waals surface area contributed by atoms with Gasteiger partial charge in [0, 0.05) is 26.0 Å². The number of carbonyl (C=O) groups is 1. The lowest BCUT2D eigenvalue weighted by Gasteiger charge is -2.19. The Morgan fingerprint density at radius 2 is 2.13 bits per heavy atom. The summed E-state index contributed by atoms with van der Waals surface area (Å²) in [6.45, 7) is 1.05. The van der Waals surface area contributed by atoms with E-state index >= 15 is 0 Å². The van der Waals surface area contributed by atoms with Crippen LogP contribution in [0.25, 0.3) is 0 Å². The molecule has 4 nitrogen and oxygen atoms in total. The van der Waals surface area contributed by atoms with Crippen LogP contribution >= 0.6 is 0 Å². The van der Waals surface area contributed by atoms with Gasteiger partial charge in [-0.2, -0.15) is 0 Å².